The molecule has 0 bridgehead atoms. The number of nitrogens with zero attached hydrogens (tertiary/aromatic N) is 2. The Morgan fingerprint density at radius 3 is 2.80 bits per heavy atom. The molecule has 0 aliphatic carbocycles. The maximum absolute atomic E-state index is 12.6. The highest BCUT2D eigenvalue weighted by Crippen LogP contribution is 2.31. The Morgan fingerprint density at radius 2 is 1.96 bits per heavy atom. The SMILES string of the molecule is CCCn1c(=NC(=O)C2COc3ccccc3O2)sc2ccccc21. The number of amides is 1. The van der Waals surface area contributed by atoms with Crippen molar-refractivity contribution in [1.29, 1.82) is 0 Å². The summed E-state index contributed by atoms with van der Waals surface area (Å²) in [6, 6.07) is 15.5. The fraction of sp³-hybridized carbons (Fsp3) is 0.263. The van der Waals surface area contributed by atoms with Gasteiger partial charge in [0.05, 0.1) is 10.2 Å². The molecule has 1 unspecified atom stereocenters. The van der Waals surface area contributed by atoms with E-state index in [4.69, 9.17) is 9.47 Å². The van der Waals surface area contributed by atoms with E-state index in [0.29, 0.717) is 16.3 Å². The van der Waals surface area contributed by atoms with Crippen molar-refractivity contribution in [2.75, 3.05) is 6.61 Å². The van der Waals surface area contributed by atoms with Gasteiger partial charge in [0.25, 0.3) is 5.91 Å². The van der Waals surface area contributed by atoms with Crippen LogP contribution in [0.2, 0.25) is 0 Å². The molecule has 0 saturated heterocycles. The summed E-state index contributed by atoms with van der Waals surface area (Å²) < 4.78 is 14.6. The third-order valence-electron chi connectivity index (χ3n) is 4.03. The molecule has 25 heavy (non-hydrogen) atoms. The van der Waals surface area contributed by atoms with Gasteiger partial charge in [0.15, 0.2) is 16.3 Å². The van der Waals surface area contributed by atoms with Crippen LogP contribution in [-0.4, -0.2) is 23.2 Å². The number of hydrogen-bond donors (Lipinski definition) is 0. The Balaban J connectivity index is 1.68. The van der Waals surface area contributed by atoms with Gasteiger partial charge in [-0.1, -0.05) is 42.5 Å². The van der Waals surface area contributed by atoms with Gasteiger partial charge in [-0.3, -0.25) is 4.79 Å². The summed E-state index contributed by atoms with van der Waals surface area (Å²) in [5, 5.41) is 0. The van der Waals surface area contributed by atoms with Crippen LogP contribution in [0.15, 0.2) is 53.5 Å². The molecular weight excluding hydrogens is 336 g/mol. The van der Waals surface area contributed by atoms with Crippen LogP contribution in [-0.2, 0) is 11.3 Å². The van der Waals surface area contributed by atoms with Crippen LogP contribution in [0, 0.1) is 0 Å². The van der Waals surface area contributed by atoms with Crippen LogP contribution in [0.3, 0.4) is 0 Å². The summed E-state index contributed by atoms with van der Waals surface area (Å²) in [6.45, 7) is 3.11. The molecule has 2 aromatic carbocycles. The highest BCUT2D eigenvalue weighted by Gasteiger charge is 2.27. The molecule has 4 rings (SSSR count). The van der Waals surface area contributed by atoms with Crippen LogP contribution >= 0.6 is 11.3 Å². The molecule has 0 radical (unpaired) electrons. The minimum Gasteiger partial charge on any atom is -0.485 e. The number of benzene rings is 2. The third-order valence-corrected chi connectivity index (χ3v) is 5.08. The second-order valence-electron chi connectivity index (χ2n) is 5.82. The summed E-state index contributed by atoms with van der Waals surface area (Å²) in [6.07, 6.45) is 0.258. The van der Waals surface area contributed by atoms with E-state index in [9.17, 15) is 4.79 Å². The van der Waals surface area contributed by atoms with Crippen LogP contribution in [0.4, 0.5) is 0 Å². The minimum absolute atomic E-state index is 0.179. The van der Waals surface area contributed by atoms with E-state index in [-0.39, 0.29) is 12.5 Å². The first-order chi connectivity index (χ1) is 12.3. The van der Waals surface area contributed by atoms with Crippen molar-refractivity contribution in [3.63, 3.8) is 0 Å². The van der Waals surface area contributed by atoms with Crippen LogP contribution in [0.1, 0.15) is 13.3 Å². The second kappa shape index (κ2) is 6.72. The first-order valence-corrected chi connectivity index (χ1v) is 9.13. The molecule has 6 heteroatoms. The first kappa shape index (κ1) is 15.9. The fourth-order valence-electron chi connectivity index (χ4n) is 2.85. The number of para-hydroxylation sites is 3. The number of rotatable bonds is 3. The molecule has 2 heterocycles. The number of ether oxygens (including phenoxy) is 2. The van der Waals surface area contributed by atoms with E-state index in [2.05, 4.69) is 22.5 Å². The van der Waals surface area contributed by atoms with E-state index in [0.717, 1.165) is 23.2 Å². The molecule has 1 atom stereocenters. The second-order valence-corrected chi connectivity index (χ2v) is 6.83. The van der Waals surface area contributed by atoms with Gasteiger partial charge < -0.3 is 14.0 Å². The van der Waals surface area contributed by atoms with E-state index in [1.165, 1.54) is 11.3 Å². The van der Waals surface area contributed by atoms with E-state index >= 15 is 0 Å². The third kappa shape index (κ3) is 3.05. The van der Waals surface area contributed by atoms with Crippen molar-refractivity contribution in [2.24, 2.45) is 4.99 Å². The average Bonchev–Trinajstić information content (AvgIpc) is 2.99. The monoisotopic (exact) mass is 354 g/mol. The molecule has 0 spiro atoms. The maximum Gasteiger partial charge on any atom is 0.292 e. The lowest BCUT2D eigenvalue weighted by molar-refractivity contribution is -0.127. The quantitative estimate of drug-likeness (QED) is 0.724. The number of aryl methyl sites for hydroxylation is 1. The topological polar surface area (TPSA) is 52.8 Å². The molecule has 0 fully saturated rings. The number of hydrogen-bond acceptors (Lipinski definition) is 4. The molecule has 5 nitrogen and oxygen atoms in total. The van der Waals surface area contributed by atoms with Crippen molar-refractivity contribution in [3.05, 3.63) is 53.3 Å². The van der Waals surface area contributed by atoms with Gasteiger partial charge in [0.1, 0.15) is 6.61 Å². The van der Waals surface area contributed by atoms with Crippen molar-refractivity contribution in [1.82, 2.24) is 4.57 Å². The Kier molecular flexibility index (Phi) is 4.28. The Bertz CT molecular complexity index is 989. The lowest BCUT2D eigenvalue weighted by atomic mass is 10.2. The Labute approximate surface area is 149 Å². The number of thiazole rings is 1. The predicted octanol–water partition coefficient (Wildman–Crippen LogP) is 3.38. The van der Waals surface area contributed by atoms with Crippen molar-refractivity contribution in [3.8, 4) is 11.5 Å². The van der Waals surface area contributed by atoms with Gasteiger partial charge in [-0.05, 0) is 30.7 Å². The fourth-order valence-corrected chi connectivity index (χ4v) is 3.91. The summed E-state index contributed by atoms with van der Waals surface area (Å²) in [5.41, 5.74) is 1.10. The molecule has 1 aliphatic rings. The summed E-state index contributed by atoms with van der Waals surface area (Å²) >= 11 is 1.52. The van der Waals surface area contributed by atoms with Crippen LogP contribution in [0.5, 0.6) is 11.5 Å². The minimum atomic E-state index is -0.713. The Morgan fingerprint density at radius 1 is 1.20 bits per heavy atom. The van der Waals surface area contributed by atoms with Crippen LogP contribution < -0.4 is 14.3 Å². The number of fused-ring (bicyclic) bond motifs is 2. The zero-order valence-electron chi connectivity index (χ0n) is 13.8. The normalized spacial score (nSPS) is 17.0. The lowest BCUT2D eigenvalue weighted by Gasteiger charge is -2.23. The largest absolute Gasteiger partial charge is 0.485 e. The highest BCUT2D eigenvalue weighted by atomic mass is 32.1. The van der Waals surface area contributed by atoms with Crippen LogP contribution in [0.25, 0.3) is 10.2 Å². The maximum atomic E-state index is 12.6. The first-order valence-electron chi connectivity index (χ1n) is 8.31. The standard InChI is InChI=1S/C19H18N2O3S/c1-2-11-21-13-7-3-6-10-17(13)25-19(21)20-18(22)16-12-23-14-8-4-5-9-15(14)24-16/h3-10,16H,2,11-12H2,1H3. The van der Waals surface area contributed by atoms with Gasteiger partial charge in [0, 0.05) is 6.54 Å². The zero-order valence-corrected chi connectivity index (χ0v) is 14.7. The molecule has 0 saturated carbocycles. The Hall–Kier alpha value is -2.60. The average molecular weight is 354 g/mol. The van der Waals surface area contributed by atoms with Gasteiger partial charge in [-0.25, -0.2) is 0 Å². The number of carbonyl (C=O) groups excluding carboxylic acids is 1. The van der Waals surface area contributed by atoms with Gasteiger partial charge in [-0.15, -0.1) is 0 Å². The van der Waals surface area contributed by atoms with Gasteiger partial charge in [0.2, 0.25) is 6.10 Å². The van der Waals surface area contributed by atoms with Crippen molar-refractivity contribution >= 4 is 27.5 Å². The molecule has 128 valence electrons. The van der Waals surface area contributed by atoms with Gasteiger partial charge in [-0.2, -0.15) is 4.99 Å². The molecule has 1 aliphatic heterocycles. The van der Waals surface area contributed by atoms with Crippen molar-refractivity contribution < 1.29 is 14.3 Å². The molecule has 0 N–H and O–H groups in total. The lowest BCUT2D eigenvalue weighted by Crippen LogP contribution is -2.36. The van der Waals surface area contributed by atoms with E-state index in [1.54, 1.807) is 6.07 Å². The smallest absolute Gasteiger partial charge is 0.292 e. The van der Waals surface area contributed by atoms with Gasteiger partial charge >= 0.3 is 0 Å². The van der Waals surface area contributed by atoms with E-state index < -0.39 is 6.10 Å². The predicted molar refractivity (Wildman–Crippen MR) is 97.0 cm³/mol. The number of carbonyl (C=O) groups is 1. The highest BCUT2D eigenvalue weighted by molar-refractivity contribution is 7.16. The molecular formula is C19H18N2O3S. The molecule has 1 amide bonds. The van der Waals surface area contributed by atoms with E-state index in [1.807, 2.05) is 36.4 Å². The summed E-state index contributed by atoms with van der Waals surface area (Å²) in [5.74, 6) is 0.931. The molecule has 1 aromatic heterocycles. The zero-order chi connectivity index (χ0) is 17.2. The summed E-state index contributed by atoms with van der Waals surface area (Å²) in [7, 11) is 0. The van der Waals surface area contributed by atoms with Crippen molar-refractivity contribution in [2.45, 2.75) is 26.0 Å². The number of aromatic nitrogens is 1. The molecule has 3 aromatic rings. The summed E-state index contributed by atoms with van der Waals surface area (Å²) in [4.78, 5) is 17.7.